The highest BCUT2D eigenvalue weighted by Crippen LogP contribution is 2.26. The number of rotatable bonds is 7. The van der Waals surface area contributed by atoms with E-state index in [9.17, 15) is 4.79 Å². The molecule has 2 amide bonds. The molecule has 2 aliphatic rings. The fraction of sp³-hybridized carbons (Fsp3) is 0.632. The fourth-order valence-electron chi connectivity index (χ4n) is 3.28. The van der Waals surface area contributed by atoms with Crippen LogP contribution in [-0.4, -0.2) is 41.3 Å². The molecule has 0 atom stereocenters. The number of carbonyl (C=O) groups excluding carboxylic acids is 1. The number of urea groups is 1. The van der Waals surface area contributed by atoms with Crippen LogP contribution in [0.4, 0.5) is 4.79 Å². The first-order valence-electron chi connectivity index (χ1n) is 9.17. The maximum atomic E-state index is 12.2. The highest BCUT2D eigenvalue weighted by Gasteiger charge is 2.31. The number of benzene rings is 1. The topological polar surface area (TPSA) is 61.8 Å². The summed E-state index contributed by atoms with van der Waals surface area (Å²) in [4.78, 5) is 13.9. The first-order valence-corrected chi connectivity index (χ1v) is 9.17. The highest BCUT2D eigenvalue weighted by atomic mass is 16.5. The lowest BCUT2D eigenvalue weighted by Crippen LogP contribution is -2.42. The Balaban J connectivity index is 1.46. The normalized spacial score (nSPS) is 18.2. The molecule has 0 saturated heterocycles. The van der Waals surface area contributed by atoms with Gasteiger partial charge < -0.3 is 20.1 Å². The van der Waals surface area contributed by atoms with Gasteiger partial charge in [0.05, 0.1) is 12.7 Å². The average molecular weight is 332 g/mol. The molecule has 0 spiro atoms. The van der Waals surface area contributed by atoms with Gasteiger partial charge in [0.15, 0.2) is 0 Å². The molecule has 0 unspecified atom stereocenters. The van der Waals surface area contributed by atoms with E-state index >= 15 is 0 Å². The van der Waals surface area contributed by atoms with Gasteiger partial charge >= 0.3 is 6.03 Å². The molecule has 0 aliphatic heterocycles. The van der Waals surface area contributed by atoms with Crippen molar-refractivity contribution in [1.82, 2.24) is 10.2 Å². The van der Waals surface area contributed by atoms with E-state index in [1.807, 2.05) is 24.3 Å². The highest BCUT2D eigenvalue weighted by molar-refractivity contribution is 5.74. The van der Waals surface area contributed by atoms with Gasteiger partial charge in [0, 0.05) is 19.1 Å². The Morgan fingerprint density at radius 3 is 2.46 bits per heavy atom. The van der Waals surface area contributed by atoms with Gasteiger partial charge in [0.1, 0.15) is 5.75 Å². The summed E-state index contributed by atoms with van der Waals surface area (Å²) in [5.74, 6) is 0.914. The second-order valence-corrected chi connectivity index (χ2v) is 6.83. The van der Waals surface area contributed by atoms with E-state index in [4.69, 9.17) is 9.84 Å². The quantitative estimate of drug-likeness (QED) is 0.807. The van der Waals surface area contributed by atoms with Crippen LogP contribution in [0.15, 0.2) is 24.3 Å². The van der Waals surface area contributed by atoms with Gasteiger partial charge in [-0.25, -0.2) is 4.79 Å². The molecule has 2 N–H and O–H groups in total. The molecule has 0 heterocycles. The largest absolute Gasteiger partial charge is 0.490 e. The van der Waals surface area contributed by atoms with Gasteiger partial charge in [-0.3, -0.25) is 0 Å². The van der Waals surface area contributed by atoms with Gasteiger partial charge in [-0.15, -0.1) is 0 Å². The van der Waals surface area contributed by atoms with Gasteiger partial charge in [-0.2, -0.15) is 0 Å². The monoisotopic (exact) mass is 332 g/mol. The zero-order valence-corrected chi connectivity index (χ0v) is 14.2. The first-order chi connectivity index (χ1) is 11.8. The molecular weight excluding hydrogens is 304 g/mol. The molecule has 24 heavy (non-hydrogen) atoms. The maximum absolute atomic E-state index is 12.2. The van der Waals surface area contributed by atoms with Crippen LogP contribution in [0.5, 0.6) is 5.75 Å². The average Bonchev–Trinajstić information content (AvgIpc) is 3.44. The van der Waals surface area contributed by atoms with Gasteiger partial charge in [-0.05, 0) is 56.2 Å². The lowest BCUT2D eigenvalue weighted by atomic mass is 9.98. The number of carbonyl (C=O) groups is 1. The van der Waals surface area contributed by atoms with Crippen LogP contribution in [-0.2, 0) is 6.54 Å². The Labute approximate surface area is 144 Å². The van der Waals surface area contributed by atoms with Gasteiger partial charge in [-0.1, -0.05) is 18.6 Å². The molecule has 3 rings (SSSR count). The third kappa shape index (κ3) is 4.87. The molecule has 2 aliphatic carbocycles. The van der Waals surface area contributed by atoms with E-state index in [0.29, 0.717) is 25.2 Å². The Morgan fingerprint density at radius 2 is 1.83 bits per heavy atom. The standard InChI is InChI=1S/C19H28N2O3/c22-13-12-21(16-8-9-16)19(23)20-14-15-6-10-18(11-7-15)24-17-4-2-1-3-5-17/h6-7,10-11,16-17,22H,1-5,8-9,12-14H2,(H,20,23). The van der Waals surface area contributed by atoms with Crippen molar-refractivity contribution in [3.05, 3.63) is 29.8 Å². The summed E-state index contributed by atoms with van der Waals surface area (Å²) in [6, 6.07) is 8.21. The number of hydrogen-bond donors (Lipinski definition) is 2. The second kappa shape index (κ2) is 8.38. The minimum absolute atomic E-state index is 0.0110. The van der Waals surface area contributed by atoms with E-state index in [0.717, 1.165) is 37.0 Å². The van der Waals surface area contributed by atoms with E-state index in [1.54, 1.807) is 4.90 Å². The van der Waals surface area contributed by atoms with Crippen LogP contribution in [0.2, 0.25) is 0 Å². The summed E-state index contributed by atoms with van der Waals surface area (Å²) in [6.07, 6.45) is 8.60. The Kier molecular flexibility index (Phi) is 5.96. The third-order valence-electron chi connectivity index (χ3n) is 4.81. The van der Waals surface area contributed by atoms with Crippen LogP contribution < -0.4 is 10.1 Å². The molecule has 2 saturated carbocycles. The van der Waals surface area contributed by atoms with Crippen molar-refractivity contribution in [2.45, 2.75) is 63.6 Å². The van der Waals surface area contributed by atoms with Crippen LogP contribution in [0.1, 0.15) is 50.5 Å². The van der Waals surface area contributed by atoms with Crippen molar-refractivity contribution >= 4 is 6.03 Å². The van der Waals surface area contributed by atoms with E-state index in [-0.39, 0.29) is 12.6 Å². The zero-order valence-electron chi connectivity index (χ0n) is 14.2. The van der Waals surface area contributed by atoms with Crippen LogP contribution in [0.3, 0.4) is 0 Å². The van der Waals surface area contributed by atoms with Crippen molar-refractivity contribution in [2.75, 3.05) is 13.2 Å². The summed E-state index contributed by atoms with van der Waals surface area (Å²) in [5, 5.41) is 12.0. The van der Waals surface area contributed by atoms with E-state index in [2.05, 4.69) is 5.32 Å². The summed E-state index contributed by atoms with van der Waals surface area (Å²) in [6.45, 7) is 0.916. The zero-order chi connectivity index (χ0) is 16.8. The van der Waals surface area contributed by atoms with Crippen LogP contribution in [0, 0.1) is 0 Å². The number of nitrogens with one attached hydrogen (secondary N) is 1. The Hall–Kier alpha value is -1.75. The molecule has 0 bridgehead atoms. The summed E-state index contributed by atoms with van der Waals surface area (Å²) in [5.41, 5.74) is 1.05. The van der Waals surface area contributed by atoms with E-state index < -0.39 is 0 Å². The number of ether oxygens (including phenoxy) is 1. The SMILES string of the molecule is O=C(NCc1ccc(OC2CCCCC2)cc1)N(CCO)C1CC1. The summed E-state index contributed by atoms with van der Waals surface area (Å²) in [7, 11) is 0. The molecule has 1 aromatic carbocycles. The fourth-order valence-corrected chi connectivity index (χ4v) is 3.28. The molecule has 132 valence electrons. The first kappa shape index (κ1) is 17.1. The number of nitrogens with zero attached hydrogens (tertiary/aromatic N) is 1. The van der Waals surface area contributed by atoms with Crippen molar-refractivity contribution in [1.29, 1.82) is 0 Å². The number of amides is 2. The van der Waals surface area contributed by atoms with Crippen molar-refractivity contribution in [3.8, 4) is 5.75 Å². The minimum Gasteiger partial charge on any atom is -0.490 e. The summed E-state index contributed by atoms with van der Waals surface area (Å²) >= 11 is 0. The lowest BCUT2D eigenvalue weighted by Gasteiger charge is -2.23. The van der Waals surface area contributed by atoms with Crippen molar-refractivity contribution in [3.63, 3.8) is 0 Å². The second-order valence-electron chi connectivity index (χ2n) is 6.83. The smallest absolute Gasteiger partial charge is 0.317 e. The molecule has 5 heteroatoms. The third-order valence-corrected chi connectivity index (χ3v) is 4.81. The lowest BCUT2D eigenvalue weighted by molar-refractivity contribution is 0.155. The van der Waals surface area contributed by atoms with Crippen molar-refractivity contribution in [2.24, 2.45) is 0 Å². The number of aliphatic hydroxyl groups excluding tert-OH is 1. The van der Waals surface area contributed by atoms with Crippen molar-refractivity contribution < 1.29 is 14.6 Å². The molecule has 0 aromatic heterocycles. The molecule has 2 fully saturated rings. The molecule has 0 radical (unpaired) electrons. The number of hydrogen-bond acceptors (Lipinski definition) is 3. The van der Waals surface area contributed by atoms with E-state index in [1.165, 1.54) is 19.3 Å². The Morgan fingerprint density at radius 1 is 1.12 bits per heavy atom. The number of aliphatic hydroxyl groups is 1. The van der Waals surface area contributed by atoms with Crippen LogP contribution >= 0.6 is 0 Å². The molecular formula is C19H28N2O3. The maximum Gasteiger partial charge on any atom is 0.317 e. The predicted octanol–water partition coefficient (Wildman–Crippen LogP) is 3.06. The van der Waals surface area contributed by atoms with Gasteiger partial charge in [0.25, 0.3) is 0 Å². The Bertz CT molecular complexity index is 522. The summed E-state index contributed by atoms with van der Waals surface area (Å²) < 4.78 is 6.02. The minimum atomic E-state index is -0.0888. The van der Waals surface area contributed by atoms with Crippen LogP contribution in [0.25, 0.3) is 0 Å². The predicted molar refractivity (Wildman–Crippen MR) is 93.0 cm³/mol. The molecule has 5 nitrogen and oxygen atoms in total. The molecule has 1 aromatic rings. The van der Waals surface area contributed by atoms with Gasteiger partial charge in [0.2, 0.25) is 0 Å².